The second kappa shape index (κ2) is 7.04. The van der Waals surface area contributed by atoms with Crippen molar-refractivity contribution in [3.05, 3.63) is 94.7 Å². The monoisotopic (exact) mass is 410 g/mol. The van der Waals surface area contributed by atoms with E-state index in [4.69, 9.17) is 0 Å². The zero-order chi connectivity index (χ0) is 20.2. The average Bonchev–Trinajstić information content (AvgIpc) is 3.32. The third-order valence-electron chi connectivity index (χ3n) is 6.67. The summed E-state index contributed by atoms with van der Waals surface area (Å²) >= 11 is 2.02. The Morgan fingerprint density at radius 3 is 2.70 bits per heavy atom. The van der Waals surface area contributed by atoms with E-state index in [0.717, 1.165) is 25.9 Å². The van der Waals surface area contributed by atoms with Crippen LogP contribution in [0.5, 0.6) is 0 Å². The van der Waals surface area contributed by atoms with E-state index in [0.29, 0.717) is 5.25 Å². The highest BCUT2D eigenvalue weighted by Gasteiger charge is 2.28. The fourth-order valence-electron chi connectivity index (χ4n) is 5.20. The highest BCUT2D eigenvalue weighted by atomic mass is 32.2. The molecule has 3 aromatic carbocycles. The van der Waals surface area contributed by atoms with Gasteiger partial charge in [0.05, 0.1) is 11.2 Å². The second-order valence-corrected chi connectivity index (χ2v) is 9.99. The van der Waals surface area contributed by atoms with Gasteiger partial charge in [-0.3, -0.25) is 0 Å². The highest BCUT2D eigenvalue weighted by Crippen LogP contribution is 2.48. The topological polar surface area (TPSA) is 8.17 Å². The summed E-state index contributed by atoms with van der Waals surface area (Å²) in [6.45, 7) is 4.36. The molecule has 3 heteroatoms. The lowest BCUT2D eigenvalue weighted by Gasteiger charge is -2.25. The molecular weight excluding hydrogens is 384 g/mol. The fraction of sp³-hybridized carbons (Fsp3) is 0.259. The lowest BCUT2D eigenvalue weighted by atomic mass is 10.0. The lowest BCUT2D eigenvalue weighted by Crippen LogP contribution is -2.27. The van der Waals surface area contributed by atoms with Crippen molar-refractivity contribution in [2.24, 2.45) is 0 Å². The predicted molar refractivity (Wildman–Crippen MR) is 127 cm³/mol. The van der Waals surface area contributed by atoms with Gasteiger partial charge in [-0.15, -0.1) is 11.8 Å². The summed E-state index contributed by atoms with van der Waals surface area (Å²) in [5.41, 5.74) is 10.0. The molecule has 2 aliphatic heterocycles. The number of thioether (sulfide) groups is 1. The van der Waals surface area contributed by atoms with Crippen molar-refractivity contribution in [3.63, 3.8) is 0 Å². The summed E-state index contributed by atoms with van der Waals surface area (Å²) in [7, 11) is 2.24. The van der Waals surface area contributed by atoms with Crippen LogP contribution in [-0.4, -0.2) is 23.1 Å². The van der Waals surface area contributed by atoms with Crippen LogP contribution in [0.3, 0.4) is 0 Å². The van der Waals surface area contributed by atoms with E-state index in [-0.39, 0.29) is 0 Å². The molecule has 0 spiro atoms. The minimum absolute atomic E-state index is 0.475. The van der Waals surface area contributed by atoms with Crippen LogP contribution in [-0.2, 0) is 19.4 Å². The number of fused-ring (bicyclic) bond motifs is 4. The number of hydrogen-bond acceptors (Lipinski definition) is 2. The van der Waals surface area contributed by atoms with Gasteiger partial charge in [0.1, 0.15) is 0 Å². The number of benzene rings is 3. The van der Waals surface area contributed by atoms with Crippen molar-refractivity contribution in [2.45, 2.75) is 36.5 Å². The number of nitrogens with zero attached hydrogens (tertiary/aromatic N) is 2. The Hall–Kier alpha value is -2.49. The lowest BCUT2D eigenvalue weighted by molar-refractivity contribution is 0.311. The molecule has 6 rings (SSSR count). The number of rotatable bonds is 2. The van der Waals surface area contributed by atoms with Gasteiger partial charge in [0.25, 0.3) is 0 Å². The third-order valence-corrected chi connectivity index (χ3v) is 8.02. The Balaban J connectivity index is 1.55. The van der Waals surface area contributed by atoms with Gasteiger partial charge in [-0.2, -0.15) is 0 Å². The molecule has 0 saturated heterocycles. The molecular formula is C27H26N2S. The third kappa shape index (κ3) is 2.84. The smallest absolute Gasteiger partial charge is 0.0535 e. The van der Waals surface area contributed by atoms with Gasteiger partial charge in [0.15, 0.2) is 0 Å². The Bertz CT molecular complexity index is 1240. The average molecular weight is 411 g/mol. The molecule has 1 unspecified atom stereocenters. The second-order valence-electron chi connectivity index (χ2n) is 8.75. The first-order valence-electron chi connectivity index (χ1n) is 10.8. The van der Waals surface area contributed by atoms with Crippen LogP contribution < -0.4 is 0 Å². The molecule has 0 saturated carbocycles. The molecule has 3 heterocycles. The summed E-state index contributed by atoms with van der Waals surface area (Å²) in [5, 5.41) is 1.90. The summed E-state index contributed by atoms with van der Waals surface area (Å²) < 4.78 is 2.58. The number of aromatic nitrogens is 1. The van der Waals surface area contributed by atoms with Crippen molar-refractivity contribution in [3.8, 4) is 5.69 Å². The van der Waals surface area contributed by atoms with Crippen LogP contribution in [0.2, 0.25) is 0 Å². The molecule has 2 nitrogen and oxygen atoms in total. The molecule has 1 aromatic heterocycles. The van der Waals surface area contributed by atoms with Gasteiger partial charge in [-0.05, 0) is 61.3 Å². The van der Waals surface area contributed by atoms with Gasteiger partial charge in [-0.25, -0.2) is 0 Å². The SMILES string of the molecule is Cc1ccc2c(c1)c1c(n2-c2ccccc2C2Cc3ccccc3S2)CCN(C)C1. The first-order valence-corrected chi connectivity index (χ1v) is 11.7. The molecule has 2 aliphatic rings. The molecule has 0 amide bonds. The fourth-order valence-corrected chi connectivity index (χ4v) is 6.56. The molecule has 1 atom stereocenters. The Kier molecular flexibility index (Phi) is 4.29. The number of likely N-dealkylation sites (N-methyl/N-ethyl adjacent to an activating group) is 1. The van der Waals surface area contributed by atoms with Gasteiger partial charge in [-0.1, -0.05) is 48.0 Å². The van der Waals surface area contributed by atoms with Gasteiger partial charge < -0.3 is 9.47 Å². The number of para-hydroxylation sites is 1. The maximum atomic E-state index is 2.58. The van der Waals surface area contributed by atoms with Gasteiger partial charge >= 0.3 is 0 Å². The Morgan fingerprint density at radius 2 is 1.80 bits per heavy atom. The van der Waals surface area contributed by atoms with Crippen LogP contribution >= 0.6 is 11.8 Å². The number of hydrogen-bond donors (Lipinski definition) is 0. The van der Waals surface area contributed by atoms with E-state index in [1.165, 1.54) is 49.4 Å². The molecule has 30 heavy (non-hydrogen) atoms. The van der Waals surface area contributed by atoms with Crippen LogP contribution in [0, 0.1) is 6.92 Å². The summed E-state index contributed by atoms with van der Waals surface area (Å²) in [5.74, 6) is 0. The van der Waals surface area contributed by atoms with E-state index in [2.05, 4.69) is 90.2 Å². The minimum atomic E-state index is 0.475. The Labute approximate surface area is 182 Å². The predicted octanol–water partition coefficient (Wildman–Crippen LogP) is 6.32. The van der Waals surface area contributed by atoms with Crippen LogP contribution in [0.15, 0.2) is 71.6 Å². The molecule has 0 aliphatic carbocycles. The van der Waals surface area contributed by atoms with Crippen molar-refractivity contribution in [1.29, 1.82) is 0 Å². The number of aryl methyl sites for hydroxylation is 1. The van der Waals surface area contributed by atoms with Crippen LogP contribution in [0.4, 0.5) is 0 Å². The van der Waals surface area contributed by atoms with E-state index < -0.39 is 0 Å². The van der Waals surface area contributed by atoms with Gasteiger partial charge in [0, 0.05) is 40.7 Å². The van der Waals surface area contributed by atoms with Crippen molar-refractivity contribution in [1.82, 2.24) is 9.47 Å². The maximum Gasteiger partial charge on any atom is 0.0535 e. The standard InChI is InChI=1S/C27H26N2S/c1-18-11-12-24-21(15-18)22-17-28(2)14-13-25(22)29(24)23-9-5-4-8-20(23)27-16-19-7-3-6-10-26(19)30-27/h3-12,15,27H,13-14,16-17H2,1-2H3. The molecule has 0 radical (unpaired) electrons. The maximum absolute atomic E-state index is 2.58. The van der Waals surface area contributed by atoms with Crippen LogP contribution in [0.25, 0.3) is 16.6 Å². The van der Waals surface area contributed by atoms with Crippen molar-refractivity contribution < 1.29 is 0 Å². The van der Waals surface area contributed by atoms with Crippen LogP contribution in [0.1, 0.15) is 33.2 Å². The first-order chi connectivity index (χ1) is 14.7. The van der Waals surface area contributed by atoms with Gasteiger partial charge in [0.2, 0.25) is 0 Å². The van der Waals surface area contributed by atoms with E-state index in [1.54, 1.807) is 0 Å². The quantitative estimate of drug-likeness (QED) is 0.382. The van der Waals surface area contributed by atoms with Crippen molar-refractivity contribution >= 4 is 22.7 Å². The largest absolute Gasteiger partial charge is 0.313 e. The van der Waals surface area contributed by atoms with E-state index in [1.807, 2.05) is 11.8 Å². The zero-order valence-corrected chi connectivity index (χ0v) is 18.4. The molecule has 0 bridgehead atoms. The minimum Gasteiger partial charge on any atom is -0.313 e. The summed E-state index contributed by atoms with van der Waals surface area (Å²) in [6.07, 6.45) is 2.22. The normalized spacial score (nSPS) is 18.5. The Morgan fingerprint density at radius 1 is 0.967 bits per heavy atom. The highest BCUT2D eigenvalue weighted by molar-refractivity contribution is 7.99. The molecule has 150 valence electrons. The summed E-state index contributed by atoms with van der Waals surface area (Å²) in [6, 6.07) is 24.9. The van der Waals surface area contributed by atoms with E-state index >= 15 is 0 Å². The molecule has 0 N–H and O–H groups in total. The first kappa shape index (κ1) is 18.3. The zero-order valence-electron chi connectivity index (χ0n) is 17.6. The summed E-state index contributed by atoms with van der Waals surface area (Å²) in [4.78, 5) is 3.89. The van der Waals surface area contributed by atoms with Crippen molar-refractivity contribution in [2.75, 3.05) is 13.6 Å². The molecule has 4 aromatic rings. The molecule has 0 fully saturated rings. The van der Waals surface area contributed by atoms with E-state index in [9.17, 15) is 0 Å².